The lowest BCUT2D eigenvalue weighted by molar-refractivity contribution is -0.138. The molecular weight excluding hydrogens is 390 g/mol. The van der Waals surface area contributed by atoms with Gasteiger partial charge in [-0.3, -0.25) is 4.79 Å². The second-order valence-corrected chi connectivity index (χ2v) is 7.17. The Kier molecular flexibility index (Phi) is 5.01. The number of anilines is 3. The topological polar surface area (TPSA) is 61.4 Å². The first-order valence-corrected chi connectivity index (χ1v) is 9.31. The predicted molar refractivity (Wildman–Crippen MR) is 99.2 cm³/mol. The van der Waals surface area contributed by atoms with E-state index in [-0.39, 0.29) is 17.6 Å². The van der Waals surface area contributed by atoms with Crippen molar-refractivity contribution < 1.29 is 22.4 Å². The summed E-state index contributed by atoms with van der Waals surface area (Å²) < 4.78 is 52.1. The normalized spacial score (nSPS) is 17.4. The van der Waals surface area contributed by atoms with Crippen LogP contribution in [0.25, 0.3) is 0 Å². The van der Waals surface area contributed by atoms with Gasteiger partial charge >= 0.3 is 6.18 Å². The molecule has 0 radical (unpaired) electrons. The number of alkyl halides is 3. The van der Waals surface area contributed by atoms with E-state index in [1.807, 2.05) is 11.0 Å². The van der Waals surface area contributed by atoms with E-state index in [4.69, 9.17) is 0 Å². The number of nitrogens with zero attached hydrogens (tertiary/aromatic N) is 4. The van der Waals surface area contributed by atoms with Crippen molar-refractivity contribution in [2.24, 2.45) is 5.92 Å². The minimum absolute atomic E-state index is 0.00932. The van der Waals surface area contributed by atoms with E-state index in [2.05, 4.69) is 15.3 Å². The van der Waals surface area contributed by atoms with Crippen molar-refractivity contribution in [1.82, 2.24) is 9.97 Å². The third-order valence-electron chi connectivity index (χ3n) is 5.04. The first-order valence-electron chi connectivity index (χ1n) is 9.31. The molecule has 0 bridgehead atoms. The lowest BCUT2D eigenvalue weighted by Gasteiger charge is -2.36. The Morgan fingerprint density at radius 1 is 1.03 bits per heavy atom. The molecule has 0 spiro atoms. The van der Waals surface area contributed by atoms with Gasteiger partial charge in [-0.25, -0.2) is 14.4 Å². The van der Waals surface area contributed by atoms with E-state index in [0.29, 0.717) is 44.3 Å². The number of rotatable bonds is 4. The van der Waals surface area contributed by atoms with E-state index >= 15 is 0 Å². The number of carbonyl (C=O) groups excluding carboxylic acids is 1. The number of hydrogen-bond acceptors (Lipinski definition) is 5. The van der Waals surface area contributed by atoms with Crippen LogP contribution >= 0.6 is 0 Å². The fourth-order valence-corrected chi connectivity index (χ4v) is 3.22. The maximum atomic E-state index is 14.1. The molecule has 0 aromatic carbocycles. The number of carbonyl (C=O) groups is 1. The molecule has 2 fully saturated rings. The highest BCUT2D eigenvalue weighted by atomic mass is 19.4. The molecule has 1 amide bonds. The predicted octanol–water partition coefficient (Wildman–Crippen LogP) is 3.31. The van der Waals surface area contributed by atoms with Gasteiger partial charge in [0.2, 0.25) is 5.91 Å². The Hall–Kier alpha value is -2.91. The highest BCUT2D eigenvalue weighted by molar-refractivity contribution is 5.93. The number of nitrogens with one attached hydrogen (secondary N) is 1. The quantitative estimate of drug-likeness (QED) is 0.786. The van der Waals surface area contributed by atoms with E-state index in [1.165, 1.54) is 0 Å². The van der Waals surface area contributed by atoms with Gasteiger partial charge in [0.05, 0.1) is 17.4 Å². The summed E-state index contributed by atoms with van der Waals surface area (Å²) in [5.74, 6) is -0.464. The maximum absolute atomic E-state index is 14.1. The first-order chi connectivity index (χ1) is 13.8. The lowest BCUT2D eigenvalue weighted by atomic mass is 10.2. The molecular formula is C19H19F4N5O. The molecule has 4 rings (SSSR count). The molecule has 1 N–H and O–H groups in total. The molecule has 0 unspecified atom stereocenters. The van der Waals surface area contributed by atoms with Crippen LogP contribution in [0.5, 0.6) is 0 Å². The van der Waals surface area contributed by atoms with Crippen LogP contribution in [0.2, 0.25) is 0 Å². The molecule has 10 heteroatoms. The van der Waals surface area contributed by atoms with Crippen LogP contribution in [0.4, 0.5) is 34.9 Å². The standard InChI is InChI=1S/C19H19F4N5O/c20-15-9-13(19(21,22)23)10-25-17(15)28-7-5-27(6-8-28)14-3-4-16(24-11-14)26-18(29)12-1-2-12/h3-4,9-12H,1-2,5-8H2,(H,24,26,29). The second kappa shape index (κ2) is 7.49. The summed E-state index contributed by atoms with van der Waals surface area (Å²) in [6.45, 7) is 1.90. The Morgan fingerprint density at radius 2 is 1.72 bits per heavy atom. The summed E-state index contributed by atoms with van der Waals surface area (Å²) >= 11 is 0. The lowest BCUT2D eigenvalue weighted by Crippen LogP contribution is -2.47. The van der Waals surface area contributed by atoms with Gasteiger partial charge in [0, 0.05) is 38.3 Å². The van der Waals surface area contributed by atoms with Crippen molar-refractivity contribution in [3.63, 3.8) is 0 Å². The number of pyridine rings is 2. The molecule has 1 aliphatic carbocycles. The van der Waals surface area contributed by atoms with Gasteiger partial charge < -0.3 is 15.1 Å². The molecule has 3 heterocycles. The fraction of sp³-hybridized carbons (Fsp3) is 0.421. The smallest absolute Gasteiger partial charge is 0.367 e. The van der Waals surface area contributed by atoms with Crippen LogP contribution in [-0.4, -0.2) is 42.1 Å². The third-order valence-corrected chi connectivity index (χ3v) is 5.04. The number of halogens is 4. The number of aromatic nitrogens is 2. The SMILES string of the molecule is O=C(Nc1ccc(N2CCN(c3ncc(C(F)(F)F)cc3F)CC2)cn1)C1CC1. The molecule has 1 saturated carbocycles. The Morgan fingerprint density at radius 3 is 2.28 bits per heavy atom. The molecule has 1 aliphatic heterocycles. The average Bonchev–Trinajstić information content (AvgIpc) is 3.53. The highest BCUT2D eigenvalue weighted by Crippen LogP contribution is 2.32. The van der Waals surface area contributed by atoms with Crippen LogP contribution in [0, 0.1) is 11.7 Å². The third kappa shape index (κ3) is 4.41. The molecule has 1 saturated heterocycles. The van der Waals surface area contributed by atoms with Crippen molar-refractivity contribution in [1.29, 1.82) is 0 Å². The zero-order valence-electron chi connectivity index (χ0n) is 15.4. The number of hydrogen-bond donors (Lipinski definition) is 1. The van der Waals surface area contributed by atoms with Crippen LogP contribution in [0.1, 0.15) is 18.4 Å². The Labute approximate surface area is 164 Å². The van der Waals surface area contributed by atoms with Gasteiger partial charge in [0.1, 0.15) is 5.82 Å². The zero-order valence-corrected chi connectivity index (χ0v) is 15.4. The second-order valence-electron chi connectivity index (χ2n) is 7.17. The molecule has 29 heavy (non-hydrogen) atoms. The van der Waals surface area contributed by atoms with Crippen molar-refractivity contribution >= 4 is 23.2 Å². The average molecular weight is 409 g/mol. The number of amides is 1. The van der Waals surface area contributed by atoms with E-state index < -0.39 is 17.6 Å². The number of piperazine rings is 1. The Balaban J connectivity index is 1.36. The van der Waals surface area contributed by atoms with Gasteiger partial charge in [0.25, 0.3) is 0 Å². The maximum Gasteiger partial charge on any atom is 0.417 e. The van der Waals surface area contributed by atoms with Crippen molar-refractivity contribution in [2.45, 2.75) is 19.0 Å². The van der Waals surface area contributed by atoms with Crippen LogP contribution in [-0.2, 0) is 11.0 Å². The molecule has 2 aromatic heterocycles. The van der Waals surface area contributed by atoms with E-state index in [1.54, 1.807) is 17.2 Å². The minimum atomic E-state index is -4.62. The summed E-state index contributed by atoms with van der Waals surface area (Å²) in [5.41, 5.74) is -0.243. The Bertz CT molecular complexity index is 890. The van der Waals surface area contributed by atoms with Gasteiger partial charge in [-0.1, -0.05) is 0 Å². The summed E-state index contributed by atoms with van der Waals surface area (Å²) in [7, 11) is 0. The molecule has 154 valence electrons. The minimum Gasteiger partial charge on any atom is -0.367 e. The van der Waals surface area contributed by atoms with Gasteiger partial charge in [-0.05, 0) is 31.0 Å². The molecule has 2 aliphatic rings. The van der Waals surface area contributed by atoms with Gasteiger partial charge in [-0.15, -0.1) is 0 Å². The summed E-state index contributed by atoms with van der Waals surface area (Å²) in [4.78, 5) is 23.4. The fourth-order valence-electron chi connectivity index (χ4n) is 3.22. The molecule has 6 nitrogen and oxygen atoms in total. The van der Waals surface area contributed by atoms with Crippen molar-refractivity contribution in [3.8, 4) is 0 Å². The van der Waals surface area contributed by atoms with Gasteiger partial charge in [-0.2, -0.15) is 13.2 Å². The first kappa shape index (κ1) is 19.4. The van der Waals surface area contributed by atoms with Crippen LogP contribution in [0.3, 0.4) is 0 Å². The van der Waals surface area contributed by atoms with Crippen molar-refractivity contribution in [2.75, 3.05) is 41.3 Å². The van der Waals surface area contributed by atoms with Crippen LogP contribution < -0.4 is 15.1 Å². The molecule has 0 atom stereocenters. The highest BCUT2D eigenvalue weighted by Gasteiger charge is 2.33. The zero-order chi connectivity index (χ0) is 20.6. The van der Waals surface area contributed by atoms with Crippen LogP contribution in [0.15, 0.2) is 30.6 Å². The molecule has 2 aromatic rings. The summed E-state index contributed by atoms with van der Waals surface area (Å²) in [6, 6.07) is 4.06. The van der Waals surface area contributed by atoms with Gasteiger partial charge in [0.15, 0.2) is 11.6 Å². The monoisotopic (exact) mass is 409 g/mol. The summed E-state index contributed by atoms with van der Waals surface area (Å²) in [6.07, 6.45) is -0.466. The van der Waals surface area contributed by atoms with Crippen molar-refractivity contribution in [3.05, 3.63) is 42.0 Å². The van der Waals surface area contributed by atoms with E-state index in [0.717, 1.165) is 18.5 Å². The summed E-state index contributed by atoms with van der Waals surface area (Å²) in [5, 5.41) is 2.78. The largest absolute Gasteiger partial charge is 0.417 e. The van der Waals surface area contributed by atoms with E-state index in [9.17, 15) is 22.4 Å².